The molecule has 0 aromatic carbocycles. The lowest BCUT2D eigenvalue weighted by Gasteiger charge is -2.33. The van der Waals surface area contributed by atoms with Crippen molar-refractivity contribution in [2.24, 2.45) is 0 Å². The predicted octanol–water partition coefficient (Wildman–Crippen LogP) is 0.547. The van der Waals surface area contributed by atoms with Crippen LogP contribution in [0.15, 0.2) is 12.3 Å². The van der Waals surface area contributed by atoms with E-state index >= 15 is 0 Å². The van der Waals surface area contributed by atoms with Crippen molar-refractivity contribution in [1.29, 1.82) is 0 Å². The van der Waals surface area contributed by atoms with Crippen molar-refractivity contribution in [2.45, 2.75) is 6.92 Å². The van der Waals surface area contributed by atoms with Gasteiger partial charge in [-0.25, -0.2) is 9.99 Å². The minimum atomic E-state index is 0.737. The molecule has 0 amide bonds. The molecule has 0 bridgehead atoms. The molecule has 1 fully saturated rings. The first-order chi connectivity index (χ1) is 7.66. The molecular weight excluding hydrogens is 202 g/mol. The van der Waals surface area contributed by atoms with E-state index in [9.17, 15) is 0 Å². The maximum Gasteiger partial charge on any atom is 0.164 e. The second-order valence-corrected chi connectivity index (χ2v) is 4.29. The summed E-state index contributed by atoms with van der Waals surface area (Å²) in [5.74, 6) is 0.768. The SMILES string of the molecule is Cc1ccnc(NN2CCN(C)CC2)c1N. The molecule has 16 heavy (non-hydrogen) atoms. The zero-order valence-electron chi connectivity index (χ0n) is 9.90. The van der Waals surface area contributed by atoms with Gasteiger partial charge < -0.3 is 16.1 Å². The number of aryl methyl sites for hydroxylation is 1. The van der Waals surface area contributed by atoms with E-state index in [1.165, 1.54) is 0 Å². The number of aromatic nitrogens is 1. The Morgan fingerprint density at radius 3 is 2.69 bits per heavy atom. The van der Waals surface area contributed by atoms with E-state index in [-0.39, 0.29) is 0 Å². The summed E-state index contributed by atoms with van der Waals surface area (Å²) in [6.45, 7) is 6.11. The van der Waals surface area contributed by atoms with E-state index in [0.29, 0.717) is 0 Å². The molecule has 1 saturated heterocycles. The Labute approximate surface area is 96.2 Å². The third-order valence-electron chi connectivity index (χ3n) is 2.98. The molecule has 1 aromatic rings. The molecule has 1 aliphatic rings. The van der Waals surface area contributed by atoms with Gasteiger partial charge in [-0.05, 0) is 25.6 Å². The van der Waals surface area contributed by atoms with Crippen molar-refractivity contribution < 1.29 is 0 Å². The smallest absolute Gasteiger partial charge is 0.164 e. The van der Waals surface area contributed by atoms with Crippen molar-refractivity contribution in [3.8, 4) is 0 Å². The quantitative estimate of drug-likeness (QED) is 0.763. The highest BCUT2D eigenvalue weighted by molar-refractivity contribution is 5.64. The molecule has 0 aliphatic carbocycles. The zero-order chi connectivity index (χ0) is 11.5. The summed E-state index contributed by atoms with van der Waals surface area (Å²) in [5.41, 5.74) is 11.0. The summed E-state index contributed by atoms with van der Waals surface area (Å²) in [4.78, 5) is 6.57. The van der Waals surface area contributed by atoms with Crippen LogP contribution in [0.5, 0.6) is 0 Å². The molecule has 5 heteroatoms. The number of nitrogen functional groups attached to an aromatic ring is 1. The second-order valence-electron chi connectivity index (χ2n) is 4.29. The first-order valence-corrected chi connectivity index (χ1v) is 5.58. The summed E-state index contributed by atoms with van der Waals surface area (Å²) in [6, 6.07) is 1.92. The maximum absolute atomic E-state index is 5.96. The minimum absolute atomic E-state index is 0.737. The molecule has 1 aromatic heterocycles. The molecular formula is C11H19N5. The molecule has 2 heterocycles. The van der Waals surface area contributed by atoms with Crippen molar-refractivity contribution in [3.63, 3.8) is 0 Å². The van der Waals surface area contributed by atoms with Gasteiger partial charge >= 0.3 is 0 Å². The minimum Gasteiger partial charge on any atom is -0.395 e. The van der Waals surface area contributed by atoms with Crippen LogP contribution in [0.25, 0.3) is 0 Å². The van der Waals surface area contributed by atoms with E-state index in [2.05, 4.69) is 27.4 Å². The Hall–Kier alpha value is -1.33. The molecule has 1 aliphatic heterocycles. The van der Waals surface area contributed by atoms with Crippen LogP contribution < -0.4 is 11.2 Å². The average molecular weight is 221 g/mol. The van der Waals surface area contributed by atoms with Crippen LogP contribution in [-0.4, -0.2) is 48.1 Å². The number of nitrogens with one attached hydrogen (secondary N) is 1. The summed E-state index contributed by atoms with van der Waals surface area (Å²) in [5, 5.41) is 2.16. The van der Waals surface area contributed by atoms with E-state index in [1.54, 1.807) is 6.20 Å². The number of nitrogens with two attached hydrogens (primary N) is 1. The van der Waals surface area contributed by atoms with Gasteiger partial charge in [-0.15, -0.1) is 0 Å². The van der Waals surface area contributed by atoms with Crippen LogP contribution in [0.3, 0.4) is 0 Å². The average Bonchev–Trinajstić information content (AvgIpc) is 2.28. The topological polar surface area (TPSA) is 57.4 Å². The van der Waals surface area contributed by atoms with Gasteiger partial charge in [0.15, 0.2) is 5.82 Å². The molecule has 5 nitrogen and oxygen atoms in total. The van der Waals surface area contributed by atoms with E-state index in [1.807, 2.05) is 13.0 Å². The Kier molecular flexibility index (Phi) is 3.26. The van der Waals surface area contributed by atoms with Gasteiger partial charge in [0.2, 0.25) is 0 Å². The Balaban J connectivity index is 2.01. The molecule has 0 atom stereocenters. The van der Waals surface area contributed by atoms with Gasteiger partial charge in [0, 0.05) is 32.4 Å². The predicted molar refractivity (Wildman–Crippen MR) is 66.1 cm³/mol. The number of anilines is 2. The number of rotatable bonds is 2. The Morgan fingerprint density at radius 1 is 1.31 bits per heavy atom. The van der Waals surface area contributed by atoms with Crippen LogP contribution in [0, 0.1) is 6.92 Å². The molecule has 3 N–H and O–H groups in total. The lowest BCUT2D eigenvalue weighted by Crippen LogP contribution is -2.47. The van der Waals surface area contributed by atoms with E-state index in [0.717, 1.165) is 43.2 Å². The molecule has 0 spiro atoms. The van der Waals surface area contributed by atoms with Crippen LogP contribution in [-0.2, 0) is 0 Å². The Morgan fingerprint density at radius 2 is 2.00 bits per heavy atom. The summed E-state index contributed by atoms with van der Waals surface area (Å²) in [6.07, 6.45) is 1.78. The highest BCUT2D eigenvalue weighted by Gasteiger charge is 2.14. The molecule has 88 valence electrons. The van der Waals surface area contributed by atoms with E-state index < -0.39 is 0 Å². The van der Waals surface area contributed by atoms with Crippen molar-refractivity contribution in [2.75, 3.05) is 44.4 Å². The third-order valence-corrected chi connectivity index (χ3v) is 2.98. The van der Waals surface area contributed by atoms with Gasteiger partial charge in [0.05, 0.1) is 5.69 Å². The highest BCUT2D eigenvalue weighted by atomic mass is 15.5. The fourth-order valence-corrected chi connectivity index (χ4v) is 1.73. The third kappa shape index (κ3) is 2.43. The second kappa shape index (κ2) is 4.67. The fraction of sp³-hybridized carbons (Fsp3) is 0.545. The monoisotopic (exact) mass is 221 g/mol. The largest absolute Gasteiger partial charge is 0.395 e. The lowest BCUT2D eigenvalue weighted by molar-refractivity contribution is 0.178. The Bertz CT molecular complexity index is 357. The van der Waals surface area contributed by atoms with Crippen LogP contribution in [0.4, 0.5) is 11.5 Å². The number of hydrogen-bond acceptors (Lipinski definition) is 5. The van der Waals surface area contributed by atoms with Gasteiger partial charge in [-0.3, -0.25) is 0 Å². The van der Waals surface area contributed by atoms with Gasteiger partial charge in [-0.1, -0.05) is 0 Å². The fourth-order valence-electron chi connectivity index (χ4n) is 1.73. The molecule has 0 radical (unpaired) electrons. The van der Waals surface area contributed by atoms with Gasteiger partial charge in [-0.2, -0.15) is 0 Å². The van der Waals surface area contributed by atoms with Crippen molar-refractivity contribution >= 4 is 11.5 Å². The summed E-state index contributed by atoms with van der Waals surface area (Å²) < 4.78 is 0. The summed E-state index contributed by atoms with van der Waals surface area (Å²) in [7, 11) is 2.14. The van der Waals surface area contributed by atoms with Gasteiger partial charge in [0.1, 0.15) is 0 Å². The molecule has 2 rings (SSSR count). The van der Waals surface area contributed by atoms with Crippen molar-refractivity contribution in [3.05, 3.63) is 17.8 Å². The first-order valence-electron chi connectivity index (χ1n) is 5.58. The lowest BCUT2D eigenvalue weighted by atomic mass is 10.2. The number of pyridine rings is 1. The maximum atomic E-state index is 5.96. The zero-order valence-corrected chi connectivity index (χ0v) is 9.90. The molecule has 0 unspecified atom stereocenters. The highest BCUT2D eigenvalue weighted by Crippen LogP contribution is 2.19. The number of nitrogens with zero attached hydrogens (tertiary/aromatic N) is 3. The number of likely N-dealkylation sites (N-methyl/N-ethyl adjacent to an activating group) is 1. The van der Waals surface area contributed by atoms with Gasteiger partial charge in [0.25, 0.3) is 0 Å². The number of hydrazine groups is 1. The van der Waals surface area contributed by atoms with E-state index in [4.69, 9.17) is 5.73 Å². The van der Waals surface area contributed by atoms with Crippen LogP contribution in [0.2, 0.25) is 0 Å². The van der Waals surface area contributed by atoms with Crippen LogP contribution in [0.1, 0.15) is 5.56 Å². The van der Waals surface area contributed by atoms with Crippen LogP contribution >= 0.6 is 0 Å². The molecule has 0 saturated carbocycles. The summed E-state index contributed by atoms with van der Waals surface area (Å²) >= 11 is 0. The standard InChI is InChI=1S/C11H19N5/c1-9-3-4-13-11(10(9)12)14-16-7-5-15(2)6-8-16/h3-4H,5-8,12H2,1-2H3,(H,13,14). The number of piperazine rings is 1. The normalized spacial score (nSPS) is 18.6. The van der Waals surface area contributed by atoms with Crippen molar-refractivity contribution in [1.82, 2.24) is 14.9 Å². The number of hydrogen-bond donors (Lipinski definition) is 2. The first kappa shape index (κ1) is 11.2.